The standard InChI is InChI=1S/C24H23FN4O3/c1-15(30)29-11-3-4-18(14-29)23-27-21(16-7-9-17(10-8-16)24(31)32)13-22(28-23)26-20-6-2-5-19(25)12-20/h2,5-10,12-13,18H,3-4,11,14H2,1H3,(H,31,32)(H,26,27,28). The van der Waals surface area contributed by atoms with Gasteiger partial charge in [0.15, 0.2) is 0 Å². The van der Waals surface area contributed by atoms with Crippen LogP contribution in [0.5, 0.6) is 0 Å². The van der Waals surface area contributed by atoms with E-state index in [9.17, 15) is 14.0 Å². The van der Waals surface area contributed by atoms with Gasteiger partial charge in [-0.15, -0.1) is 0 Å². The van der Waals surface area contributed by atoms with Gasteiger partial charge in [-0.25, -0.2) is 19.2 Å². The third-order valence-electron chi connectivity index (χ3n) is 5.50. The highest BCUT2D eigenvalue weighted by Crippen LogP contribution is 2.29. The molecule has 0 saturated carbocycles. The number of halogens is 1. The largest absolute Gasteiger partial charge is 0.478 e. The van der Waals surface area contributed by atoms with Crippen LogP contribution in [-0.2, 0) is 4.79 Å². The lowest BCUT2D eigenvalue weighted by Gasteiger charge is -2.31. The summed E-state index contributed by atoms with van der Waals surface area (Å²) in [7, 11) is 0. The predicted molar refractivity (Wildman–Crippen MR) is 118 cm³/mol. The van der Waals surface area contributed by atoms with E-state index in [1.54, 1.807) is 42.2 Å². The van der Waals surface area contributed by atoms with Crippen LogP contribution in [0.3, 0.4) is 0 Å². The van der Waals surface area contributed by atoms with Gasteiger partial charge < -0.3 is 15.3 Å². The molecular formula is C24H23FN4O3. The Labute approximate surface area is 184 Å². The monoisotopic (exact) mass is 434 g/mol. The number of hydrogen-bond acceptors (Lipinski definition) is 5. The van der Waals surface area contributed by atoms with E-state index in [-0.39, 0.29) is 23.2 Å². The van der Waals surface area contributed by atoms with Crippen molar-refractivity contribution in [1.29, 1.82) is 0 Å². The van der Waals surface area contributed by atoms with E-state index in [0.717, 1.165) is 24.9 Å². The molecule has 2 heterocycles. The Morgan fingerprint density at radius 1 is 1.12 bits per heavy atom. The number of piperidine rings is 1. The summed E-state index contributed by atoms with van der Waals surface area (Å²) >= 11 is 0. The fraction of sp³-hybridized carbons (Fsp3) is 0.250. The molecule has 0 bridgehead atoms. The number of carboxylic acid groups (broad SMARTS) is 1. The summed E-state index contributed by atoms with van der Waals surface area (Å²) in [5, 5.41) is 12.3. The number of carboxylic acids is 1. The third-order valence-corrected chi connectivity index (χ3v) is 5.50. The summed E-state index contributed by atoms with van der Waals surface area (Å²) in [5.41, 5.74) is 2.09. The minimum atomic E-state index is -1.00. The molecule has 1 fully saturated rings. The van der Waals surface area contributed by atoms with Crippen molar-refractivity contribution in [3.05, 3.63) is 71.8 Å². The number of amides is 1. The van der Waals surface area contributed by atoms with Crippen LogP contribution in [-0.4, -0.2) is 44.9 Å². The fourth-order valence-corrected chi connectivity index (χ4v) is 3.83. The Hall–Kier alpha value is -3.81. The number of carbonyl (C=O) groups excluding carboxylic acids is 1. The van der Waals surface area contributed by atoms with Gasteiger partial charge in [0, 0.05) is 43.2 Å². The number of rotatable bonds is 5. The lowest BCUT2D eigenvalue weighted by molar-refractivity contribution is -0.130. The summed E-state index contributed by atoms with van der Waals surface area (Å²) < 4.78 is 13.6. The second-order valence-corrected chi connectivity index (χ2v) is 7.82. The smallest absolute Gasteiger partial charge is 0.335 e. The number of likely N-dealkylation sites (tertiary alicyclic amines) is 1. The Balaban J connectivity index is 1.72. The Morgan fingerprint density at radius 2 is 1.91 bits per heavy atom. The van der Waals surface area contributed by atoms with Crippen molar-refractivity contribution in [2.24, 2.45) is 0 Å². The zero-order chi connectivity index (χ0) is 22.7. The van der Waals surface area contributed by atoms with E-state index in [1.165, 1.54) is 24.3 Å². The molecule has 0 radical (unpaired) electrons. The molecule has 0 spiro atoms. The predicted octanol–water partition coefficient (Wildman–Crippen LogP) is 4.45. The van der Waals surface area contributed by atoms with Crippen LogP contribution in [0.1, 0.15) is 41.9 Å². The molecule has 8 heteroatoms. The summed E-state index contributed by atoms with van der Waals surface area (Å²) in [4.78, 5) is 34.3. The number of carbonyl (C=O) groups is 2. The minimum absolute atomic E-state index is 0.0215. The molecule has 7 nitrogen and oxygen atoms in total. The maximum Gasteiger partial charge on any atom is 0.335 e. The van der Waals surface area contributed by atoms with E-state index >= 15 is 0 Å². The molecule has 1 atom stereocenters. The fourth-order valence-electron chi connectivity index (χ4n) is 3.83. The number of benzene rings is 2. The third kappa shape index (κ3) is 4.91. The zero-order valence-electron chi connectivity index (χ0n) is 17.6. The van der Waals surface area contributed by atoms with Gasteiger partial charge in [0.25, 0.3) is 0 Å². The van der Waals surface area contributed by atoms with Gasteiger partial charge >= 0.3 is 5.97 Å². The first-order valence-corrected chi connectivity index (χ1v) is 10.4. The lowest BCUT2D eigenvalue weighted by Crippen LogP contribution is -2.38. The molecule has 3 aromatic rings. The number of aromatic nitrogens is 2. The van der Waals surface area contributed by atoms with E-state index in [2.05, 4.69) is 10.3 Å². The number of nitrogens with zero attached hydrogens (tertiary/aromatic N) is 3. The van der Waals surface area contributed by atoms with Gasteiger partial charge in [0.2, 0.25) is 5.91 Å². The minimum Gasteiger partial charge on any atom is -0.478 e. The van der Waals surface area contributed by atoms with Crippen molar-refractivity contribution in [3.8, 4) is 11.3 Å². The van der Waals surface area contributed by atoms with E-state index in [0.29, 0.717) is 29.6 Å². The van der Waals surface area contributed by atoms with E-state index < -0.39 is 5.97 Å². The first-order chi connectivity index (χ1) is 15.4. The maximum atomic E-state index is 13.6. The van der Waals surface area contributed by atoms with Gasteiger partial charge in [-0.1, -0.05) is 18.2 Å². The molecule has 0 aliphatic carbocycles. The van der Waals surface area contributed by atoms with Gasteiger partial charge in [-0.2, -0.15) is 0 Å². The SMILES string of the molecule is CC(=O)N1CCCC(c2nc(Nc3cccc(F)c3)cc(-c3ccc(C(=O)O)cc3)n2)C1. The first kappa shape index (κ1) is 21.4. The first-order valence-electron chi connectivity index (χ1n) is 10.4. The molecule has 1 saturated heterocycles. The van der Waals surface area contributed by atoms with Crippen molar-refractivity contribution in [2.75, 3.05) is 18.4 Å². The number of nitrogens with one attached hydrogen (secondary N) is 1. The summed E-state index contributed by atoms with van der Waals surface area (Å²) in [5.74, 6) is -0.280. The van der Waals surface area contributed by atoms with Crippen molar-refractivity contribution in [2.45, 2.75) is 25.7 Å². The average Bonchev–Trinajstić information content (AvgIpc) is 2.79. The molecule has 4 rings (SSSR count). The molecular weight excluding hydrogens is 411 g/mol. The molecule has 2 aromatic carbocycles. The van der Waals surface area contributed by atoms with Crippen LogP contribution in [0.15, 0.2) is 54.6 Å². The number of hydrogen-bond donors (Lipinski definition) is 2. The number of aromatic carboxylic acids is 1. The summed E-state index contributed by atoms with van der Waals surface area (Å²) in [6, 6.07) is 14.3. The Bertz CT molecular complexity index is 1150. The summed E-state index contributed by atoms with van der Waals surface area (Å²) in [6.07, 6.45) is 1.71. The quantitative estimate of drug-likeness (QED) is 0.616. The lowest BCUT2D eigenvalue weighted by atomic mass is 9.96. The van der Waals surface area contributed by atoms with Gasteiger partial charge in [0.1, 0.15) is 17.5 Å². The van der Waals surface area contributed by atoms with Crippen LogP contribution < -0.4 is 5.32 Å². The summed E-state index contributed by atoms with van der Waals surface area (Å²) in [6.45, 7) is 2.81. The van der Waals surface area contributed by atoms with Crippen LogP contribution in [0.25, 0.3) is 11.3 Å². The van der Waals surface area contributed by atoms with Crippen LogP contribution in [0, 0.1) is 5.82 Å². The molecule has 1 aliphatic heterocycles. The Kier molecular flexibility index (Phi) is 6.11. The molecule has 164 valence electrons. The van der Waals surface area contributed by atoms with Gasteiger partial charge in [-0.3, -0.25) is 4.79 Å². The van der Waals surface area contributed by atoms with E-state index in [1.807, 2.05) is 0 Å². The molecule has 1 amide bonds. The second-order valence-electron chi connectivity index (χ2n) is 7.82. The molecule has 1 aromatic heterocycles. The molecule has 1 unspecified atom stereocenters. The van der Waals surface area contributed by atoms with Gasteiger partial charge in [0.05, 0.1) is 11.3 Å². The van der Waals surface area contributed by atoms with Crippen LogP contribution >= 0.6 is 0 Å². The van der Waals surface area contributed by atoms with Crippen molar-refractivity contribution >= 4 is 23.4 Å². The highest BCUT2D eigenvalue weighted by Gasteiger charge is 2.26. The van der Waals surface area contributed by atoms with Crippen molar-refractivity contribution < 1.29 is 19.1 Å². The van der Waals surface area contributed by atoms with Crippen LogP contribution in [0.2, 0.25) is 0 Å². The maximum absolute atomic E-state index is 13.6. The normalized spacial score (nSPS) is 15.9. The average molecular weight is 434 g/mol. The highest BCUT2D eigenvalue weighted by molar-refractivity contribution is 5.88. The second kappa shape index (κ2) is 9.13. The van der Waals surface area contributed by atoms with Crippen LogP contribution in [0.4, 0.5) is 15.9 Å². The molecule has 32 heavy (non-hydrogen) atoms. The Morgan fingerprint density at radius 3 is 2.59 bits per heavy atom. The van der Waals surface area contributed by atoms with E-state index in [4.69, 9.17) is 10.1 Å². The van der Waals surface area contributed by atoms with Gasteiger partial charge in [-0.05, 0) is 43.2 Å². The van der Waals surface area contributed by atoms with Crippen molar-refractivity contribution in [3.63, 3.8) is 0 Å². The number of anilines is 2. The highest BCUT2D eigenvalue weighted by atomic mass is 19.1. The van der Waals surface area contributed by atoms with Crippen molar-refractivity contribution in [1.82, 2.24) is 14.9 Å². The topological polar surface area (TPSA) is 95.4 Å². The molecule has 2 N–H and O–H groups in total. The molecule has 1 aliphatic rings. The zero-order valence-corrected chi connectivity index (χ0v) is 17.6.